The first-order valence-corrected chi connectivity index (χ1v) is 10.9. The highest BCUT2D eigenvalue weighted by Gasteiger charge is 2.23. The molecule has 0 spiro atoms. The van der Waals surface area contributed by atoms with Crippen molar-refractivity contribution >= 4 is 34.8 Å². The van der Waals surface area contributed by atoms with Gasteiger partial charge in [-0.25, -0.2) is 0 Å². The van der Waals surface area contributed by atoms with Crippen LogP contribution in [0.1, 0.15) is 32.1 Å². The highest BCUT2D eigenvalue weighted by Crippen LogP contribution is 2.31. The van der Waals surface area contributed by atoms with Gasteiger partial charge in [0.1, 0.15) is 5.75 Å². The minimum atomic E-state index is -0.202. The van der Waals surface area contributed by atoms with Gasteiger partial charge in [0.25, 0.3) is 0 Å². The molecular formula is C23H23ClN4O4. The van der Waals surface area contributed by atoms with Crippen molar-refractivity contribution in [3.63, 3.8) is 0 Å². The molecule has 3 aromatic rings. The summed E-state index contributed by atoms with van der Waals surface area (Å²) in [5.74, 6) is 1.48. The predicted octanol–water partition coefficient (Wildman–Crippen LogP) is 4.49. The van der Waals surface area contributed by atoms with Crippen LogP contribution in [0.3, 0.4) is 0 Å². The number of nitrogens with zero attached hydrogens (tertiary/aromatic N) is 3. The molecule has 2 aromatic carbocycles. The van der Waals surface area contributed by atoms with E-state index in [0.29, 0.717) is 54.1 Å². The van der Waals surface area contributed by atoms with E-state index >= 15 is 0 Å². The number of ether oxygens (including phenoxy) is 1. The average molecular weight is 455 g/mol. The largest absolute Gasteiger partial charge is 0.494 e. The van der Waals surface area contributed by atoms with Crippen LogP contribution < -0.4 is 15.0 Å². The van der Waals surface area contributed by atoms with E-state index in [9.17, 15) is 9.59 Å². The molecule has 1 N–H and O–H groups in total. The maximum atomic E-state index is 12.3. The molecule has 8 nitrogen and oxygen atoms in total. The topological polar surface area (TPSA) is 97.6 Å². The summed E-state index contributed by atoms with van der Waals surface area (Å²) < 4.78 is 10.7. The summed E-state index contributed by atoms with van der Waals surface area (Å²) in [4.78, 5) is 30.3. The highest BCUT2D eigenvalue weighted by atomic mass is 35.5. The lowest BCUT2D eigenvalue weighted by Crippen LogP contribution is -2.24. The SMILES string of the molecule is CCOc1ccc(-c2noc(CCC(=O)Nc3ccc(N4CCCC4=O)c(Cl)c3)n2)cc1. The molecule has 32 heavy (non-hydrogen) atoms. The molecule has 1 aliphatic rings. The number of amides is 2. The van der Waals surface area contributed by atoms with Crippen molar-refractivity contribution in [3.8, 4) is 17.1 Å². The normalized spacial score (nSPS) is 13.4. The molecule has 0 unspecified atom stereocenters. The second-order valence-electron chi connectivity index (χ2n) is 7.33. The molecule has 9 heteroatoms. The van der Waals surface area contributed by atoms with Crippen molar-refractivity contribution in [2.24, 2.45) is 0 Å². The summed E-state index contributed by atoms with van der Waals surface area (Å²) >= 11 is 6.33. The Labute approximate surface area is 190 Å². The number of aryl methyl sites for hydroxylation is 1. The van der Waals surface area contributed by atoms with Gasteiger partial charge in [0.15, 0.2) is 0 Å². The number of benzene rings is 2. The Balaban J connectivity index is 1.31. The lowest BCUT2D eigenvalue weighted by atomic mass is 10.2. The Bertz CT molecular complexity index is 1110. The van der Waals surface area contributed by atoms with Crippen LogP contribution in [0, 0.1) is 0 Å². The summed E-state index contributed by atoms with van der Waals surface area (Å²) in [5, 5.41) is 7.21. The summed E-state index contributed by atoms with van der Waals surface area (Å²) in [6.07, 6.45) is 1.84. The molecular weight excluding hydrogens is 432 g/mol. The van der Waals surface area contributed by atoms with Crippen molar-refractivity contribution in [2.75, 3.05) is 23.4 Å². The van der Waals surface area contributed by atoms with Crippen LogP contribution in [-0.2, 0) is 16.0 Å². The molecule has 0 atom stereocenters. The van der Waals surface area contributed by atoms with E-state index in [1.165, 1.54) is 0 Å². The maximum absolute atomic E-state index is 12.3. The first-order chi connectivity index (χ1) is 15.5. The minimum absolute atomic E-state index is 0.0628. The fourth-order valence-corrected chi connectivity index (χ4v) is 3.77. The molecule has 0 saturated carbocycles. The minimum Gasteiger partial charge on any atom is -0.494 e. The maximum Gasteiger partial charge on any atom is 0.227 e. The van der Waals surface area contributed by atoms with Gasteiger partial charge >= 0.3 is 0 Å². The average Bonchev–Trinajstić information content (AvgIpc) is 3.42. The summed E-state index contributed by atoms with van der Waals surface area (Å²) in [6.45, 7) is 3.19. The van der Waals surface area contributed by atoms with Crippen LogP contribution in [-0.4, -0.2) is 35.1 Å². The molecule has 1 saturated heterocycles. The predicted molar refractivity (Wildman–Crippen MR) is 121 cm³/mol. The highest BCUT2D eigenvalue weighted by molar-refractivity contribution is 6.34. The lowest BCUT2D eigenvalue weighted by Gasteiger charge is -2.18. The number of nitrogens with one attached hydrogen (secondary N) is 1. The van der Waals surface area contributed by atoms with Gasteiger partial charge in [-0.2, -0.15) is 4.98 Å². The second kappa shape index (κ2) is 9.82. The molecule has 1 aromatic heterocycles. The third kappa shape index (κ3) is 5.08. The molecule has 1 fully saturated rings. The summed E-state index contributed by atoms with van der Waals surface area (Å²) in [6, 6.07) is 12.5. The first-order valence-electron chi connectivity index (χ1n) is 10.5. The van der Waals surface area contributed by atoms with E-state index in [1.54, 1.807) is 23.1 Å². The third-order valence-electron chi connectivity index (χ3n) is 5.05. The third-order valence-corrected chi connectivity index (χ3v) is 5.36. The number of carbonyl (C=O) groups excluding carboxylic acids is 2. The zero-order valence-electron chi connectivity index (χ0n) is 17.6. The molecule has 166 valence electrons. The molecule has 4 rings (SSSR count). The molecule has 0 aliphatic carbocycles. The first kappa shape index (κ1) is 21.8. The Kier molecular flexibility index (Phi) is 6.70. The van der Waals surface area contributed by atoms with Gasteiger partial charge in [-0.05, 0) is 55.8 Å². The lowest BCUT2D eigenvalue weighted by molar-refractivity contribution is -0.117. The van der Waals surface area contributed by atoms with Crippen molar-refractivity contribution in [1.82, 2.24) is 10.1 Å². The summed E-state index contributed by atoms with van der Waals surface area (Å²) in [7, 11) is 0. The van der Waals surface area contributed by atoms with Crippen molar-refractivity contribution < 1.29 is 18.8 Å². The van der Waals surface area contributed by atoms with Crippen LogP contribution in [0.5, 0.6) is 5.75 Å². The standard InChI is InChI=1S/C23H23ClN4O4/c1-2-31-17-8-5-15(6-9-17)23-26-21(32-27-23)12-11-20(29)25-16-7-10-19(18(24)14-16)28-13-3-4-22(28)30/h5-10,14H,2-4,11-13H2,1H3,(H,25,29). The van der Waals surface area contributed by atoms with Crippen molar-refractivity contribution in [3.05, 3.63) is 53.4 Å². The van der Waals surface area contributed by atoms with Crippen LogP contribution in [0.15, 0.2) is 47.0 Å². The van der Waals surface area contributed by atoms with E-state index < -0.39 is 0 Å². The Morgan fingerprint density at radius 1 is 1.25 bits per heavy atom. The Morgan fingerprint density at radius 3 is 2.75 bits per heavy atom. The number of carbonyl (C=O) groups is 2. The zero-order chi connectivity index (χ0) is 22.5. The van der Waals surface area contributed by atoms with Gasteiger partial charge in [0.2, 0.25) is 23.5 Å². The number of aromatic nitrogens is 2. The van der Waals surface area contributed by atoms with E-state index in [-0.39, 0.29) is 18.2 Å². The number of rotatable bonds is 8. The van der Waals surface area contributed by atoms with Gasteiger partial charge in [-0.1, -0.05) is 16.8 Å². The van der Waals surface area contributed by atoms with Crippen LogP contribution in [0.2, 0.25) is 5.02 Å². The Hall–Kier alpha value is -3.39. The van der Waals surface area contributed by atoms with Crippen molar-refractivity contribution in [2.45, 2.75) is 32.6 Å². The van der Waals surface area contributed by atoms with Gasteiger partial charge < -0.3 is 19.5 Å². The fourth-order valence-electron chi connectivity index (χ4n) is 3.49. The smallest absolute Gasteiger partial charge is 0.227 e. The van der Waals surface area contributed by atoms with E-state index in [1.807, 2.05) is 31.2 Å². The second-order valence-corrected chi connectivity index (χ2v) is 7.74. The number of anilines is 2. The summed E-state index contributed by atoms with van der Waals surface area (Å²) in [5.41, 5.74) is 2.04. The van der Waals surface area contributed by atoms with Gasteiger partial charge in [0.05, 0.1) is 17.3 Å². The fraction of sp³-hybridized carbons (Fsp3) is 0.304. The molecule has 0 bridgehead atoms. The van der Waals surface area contributed by atoms with Gasteiger partial charge in [-0.3, -0.25) is 9.59 Å². The van der Waals surface area contributed by atoms with Crippen LogP contribution in [0.25, 0.3) is 11.4 Å². The van der Waals surface area contributed by atoms with Crippen LogP contribution >= 0.6 is 11.6 Å². The Morgan fingerprint density at radius 2 is 2.06 bits per heavy atom. The molecule has 2 heterocycles. The van der Waals surface area contributed by atoms with E-state index in [2.05, 4.69) is 15.5 Å². The van der Waals surface area contributed by atoms with Crippen LogP contribution in [0.4, 0.5) is 11.4 Å². The van der Waals surface area contributed by atoms with E-state index in [4.69, 9.17) is 20.9 Å². The molecule has 2 amide bonds. The monoisotopic (exact) mass is 454 g/mol. The number of hydrogen-bond acceptors (Lipinski definition) is 6. The molecule has 1 aliphatic heterocycles. The number of halogens is 1. The quantitative estimate of drug-likeness (QED) is 0.538. The zero-order valence-corrected chi connectivity index (χ0v) is 18.4. The van der Waals surface area contributed by atoms with E-state index in [0.717, 1.165) is 17.7 Å². The van der Waals surface area contributed by atoms with Gasteiger partial charge in [-0.15, -0.1) is 0 Å². The van der Waals surface area contributed by atoms with Crippen molar-refractivity contribution in [1.29, 1.82) is 0 Å². The van der Waals surface area contributed by atoms with Gasteiger partial charge in [0, 0.05) is 37.1 Å². The number of hydrogen-bond donors (Lipinski definition) is 1. The molecule has 0 radical (unpaired) electrons.